The predicted molar refractivity (Wildman–Crippen MR) is 117 cm³/mol. The molecular weight excluding hydrogens is 423 g/mol. The minimum Gasteiger partial charge on any atom is -0.492 e. The lowest BCUT2D eigenvalue weighted by atomic mass is 9.99. The maximum absolute atomic E-state index is 13.5. The van der Waals surface area contributed by atoms with Gasteiger partial charge in [-0.25, -0.2) is 4.98 Å². The number of allylic oxidation sites excluding steroid dienone is 1. The highest BCUT2D eigenvalue weighted by Gasteiger charge is 2.33. The summed E-state index contributed by atoms with van der Waals surface area (Å²) in [6.45, 7) is 6.05. The number of nitrogen functional groups attached to an aromatic ring is 2. The van der Waals surface area contributed by atoms with E-state index in [9.17, 15) is 13.2 Å². The number of hydrogen-bond acceptors (Lipinski definition) is 7. The van der Waals surface area contributed by atoms with Gasteiger partial charge in [0.1, 0.15) is 23.1 Å². The Morgan fingerprint density at radius 3 is 2.69 bits per heavy atom. The molecule has 1 aromatic heterocycles. The number of benzene rings is 2. The van der Waals surface area contributed by atoms with Gasteiger partial charge in [0.15, 0.2) is 0 Å². The minimum atomic E-state index is -4.57. The molecule has 1 atom stereocenters. The number of anilines is 2. The summed E-state index contributed by atoms with van der Waals surface area (Å²) in [5.41, 5.74) is 12.5. The van der Waals surface area contributed by atoms with Crippen molar-refractivity contribution in [3.05, 3.63) is 47.5 Å². The van der Waals surface area contributed by atoms with Crippen LogP contribution >= 0.6 is 0 Å². The molecule has 7 nitrogen and oxygen atoms in total. The first-order valence-electron chi connectivity index (χ1n) is 9.62. The van der Waals surface area contributed by atoms with E-state index < -0.39 is 11.7 Å². The third kappa shape index (κ3) is 3.79. The van der Waals surface area contributed by atoms with E-state index in [2.05, 4.69) is 21.5 Å². The number of alkyl halides is 3. The van der Waals surface area contributed by atoms with Crippen molar-refractivity contribution in [2.24, 2.45) is 4.99 Å². The zero-order chi connectivity index (χ0) is 23.2. The predicted octanol–water partition coefficient (Wildman–Crippen LogP) is 4.82. The molecular formula is C22H20F3N5O2. The summed E-state index contributed by atoms with van der Waals surface area (Å²) in [6.07, 6.45) is -3.19. The lowest BCUT2D eigenvalue weighted by Gasteiger charge is -2.17. The van der Waals surface area contributed by atoms with Gasteiger partial charge in [0.2, 0.25) is 5.95 Å². The van der Waals surface area contributed by atoms with E-state index in [0.29, 0.717) is 40.1 Å². The summed E-state index contributed by atoms with van der Waals surface area (Å²) in [5, 5.41) is 0.489. The van der Waals surface area contributed by atoms with Gasteiger partial charge in [-0.05, 0) is 29.3 Å². The highest BCUT2D eigenvalue weighted by atomic mass is 19.4. The molecule has 1 aliphatic rings. The molecule has 0 radical (unpaired) electrons. The first kappa shape index (κ1) is 21.4. The average Bonchev–Trinajstić information content (AvgIpc) is 3.08. The van der Waals surface area contributed by atoms with Crippen LogP contribution in [0.2, 0.25) is 0 Å². The fourth-order valence-corrected chi connectivity index (χ4v) is 3.66. The van der Waals surface area contributed by atoms with Crippen LogP contribution < -0.4 is 20.9 Å². The van der Waals surface area contributed by atoms with E-state index in [4.69, 9.17) is 20.9 Å². The molecule has 0 saturated heterocycles. The number of rotatable bonds is 4. The van der Waals surface area contributed by atoms with E-state index >= 15 is 0 Å². The summed E-state index contributed by atoms with van der Waals surface area (Å²) < 4.78 is 52.4. The molecule has 1 aliphatic heterocycles. The third-order valence-electron chi connectivity index (χ3n) is 5.08. The molecule has 0 saturated carbocycles. The van der Waals surface area contributed by atoms with Crippen LogP contribution in [0.3, 0.4) is 0 Å². The van der Waals surface area contributed by atoms with Gasteiger partial charge in [-0.3, -0.25) is 4.99 Å². The van der Waals surface area contributed by atoms with Gasteiger partial charge in [-0.1, -0.05) is 13.5 Å². The molecule has 0 amide bonds. The standard InChI is InChI=1S/C22H20F3N5O2/c1-10(8-28-3)12-4-13(22(23,24)25)6-14(5-12)32-16-7-15-18(20(26)30-21(27)29-15)19-17(16)11(2)9-31-19/h4-8,11H,1,9H2,2-3H3,(H4,26,27,29,30). The second-order valence-electron chi connectivity index (χ2n) is 7.45. The summed E-state index contributed by atoms with van der Waals surface area (Å²) in [4.78, 5) is 12.0. The Balaban J connectivity index is 1.89. The molecule has 1 unspecified atom stereocenters. The largest absolute Gasteiger partial charge is 0.492 e. The molecule has 4 N–H and O–H groups in total. The fraction of sp³-hybridized carbons (Fsp3) is 0.227. The van der Waals surface area contributed by atoms with Gasteiger partial charge >= 0.3 is 6.18 Å². The van der Waals surface area contributed by atoms with Gasteiger partial charge in [-0.2, -0.15) is 18.2 Å². The molecule has 2 aromatic carbocycles. The second-order valence-corrected chi connectivity index (χ2v) is 7.45. The molecule has 0 spiro atoms. The van der Waals surface area contributed by atoms with Crippen molar-refractivity contribution in [3.8, 4) is 17.2 Å². The normalized spacial score (nSPS) is 15.7. The van der Waals surface area contributed by atoms with Crippen LogP contribution in [0.5, 0.6) is 17.2 Å². The Bertz CT molecular complexity index is 1270. The van der Waals surface area contributed by atoms with Crippen LogP contribution in [0.4, 0.5) is 24.9 Å². The number of nitrogens with zero attached hydrogens (tertiary/aromatic N) is 3. The Morgan fingerprint density at radius 1 is 1.25 bits per heavy atom. The van der Waals surface area contributed by atoms with Crippen LogP contribution in [0.25, 0.3) is 16.5 Å². The number of fused-ring (bicyclic) bond motifs is 3. The van der Waals surface area contributed by atoms with E-state index in [-0.39, 0.29) is 29.0 Å². The molecule has 2 heterocycles. The maximum Gasteiger partial charge on any atom is 0.416 e. The van der Waals surface area contributed by atoms with Crippen LogP contribution in [0.15, 0.2) is 35.8 Å². The molecule has 0 aliphatic carbocycles. The summed E-state index contributed by atoms with van der Waals surface area (Å²) in [6, 6.07) is 4.98. The SMILES string of the molecule is C=C(C=NC)c1cc(Oc2cc3nc(N)nc(N)c3c3c2C(C)CO3)cc(C(F)(F)F)c1. The smallest absolute Gasteiger partial charge is 0.416 e. The molecule has 166 valence electrons. The number of aromatic nitrogens is 2. The van der Waals surface area contributed by atoms with E-state index in [1.165, 1.54) is 19.3 Å². The Labute approximate surface area is 181 Å². The van der Waals surface area contributed by atoms with Crippen molar-refractivity contribution in [1.29, 1.82) is 0 Å². The minimum absolute atomic E-state index is 0.0175. The van der Waals surface area contributed by atoms with Crippen LogP contribution in [0.1, 0.15) is 29.5 Å². The van der Waals surface area contributed by atoms with Crippen molar-refractivity contribution in [1.82, 2.24) is 9.97 Å². The number of nitrogens with two attached hydrogens (primary N) is 2. The molecule has 10 heteroatoms. The van der Waals surface area contributed by atoms with Crippen LogP contribution in [0, 0.1) is 0 Å². The molecule has 32 heavy (non-hydrogen) atoms. The third-order valence-corrected chi connectivity index (χ3v) is 5.08. The van der Waals surface area contributed by atoms with E-state index in [0.717, 1.165) is 12.1 Å². The van der Waals surface area contributed by atoms with E-state index in [1.807, 2.05) is 6.92 Å². The molecule has 3 aromatic rings. The number of hydrogen-bond donors (Lipinski definition) is 2. The number of halogens is 3. The molecule has 4 rings (SSSR count). The van der Waals surface area contributed by atoms with Gasteiger partial charge in [-0.15, -0.1) is 0 Å². The van der Waals surface area contributed by atoms with Crippen molar-refractivity contribution in [2.45, 2.75) is 19.0 Å². The summed E-state index contributed by atoms with van der Waals surface area (Å²) in [7, 11) is 1.51. The van der Waals surface area contributed by atoms with Crippen molar-refractivity contribution in [2.75, 3.05) is 25.1 Å². The maximum atomic E-state index is 13.5. The van der Waals surface area contributed by atoms with Crippen LogP contribution in [-0.4, -0.2) is 29.8 Å². The summed E-state index contributed by atoms with van der Waals surface area (Å²) >= 11 is 0. The molecule has 0 bridgehead atoms. The topological polar surface area (TPSA) is 109 Å². The average molecular weight is 443 g/mol. The second kappa shape index (κ2) is 7.70. The van der Waals surface area contributed by atoms with Gasteiger partial charge in [0.05, 0.1) is 23.1 Å². The fourth-order valence-electron chi connectivity index (χ4n) is 3.66. The first-order valence-corrected chi connectivity index (χ1v) is 9.62. The zero-order valence-corrected chi connectivity index (χ0v) is 17.3. The highest BCUT2D eigenvalue weighted by molar-refractivity contribution is 6.08. The lowest BCUT2D eigenvalue weighted by Crippen LogP contribution is -2.06. The highest BCUT2D eigenvalue weighted by Crippen LogP contribution is 2.48. The number of aliphatic imine (C=N–C) groups is 1. The Morgan fingerprint density at radius 2 is 2.00 bits per heavy atom. The molecule has 0 fully saturated rings. The monoisotopic (exact) mass is 443 g/mol. The van der Waals surface area contributed by atoms with E-state index in [1.54, 1.807) is 6.07 Å². The first-order chi connectivity index (χ1) is 15.1. The van der Waals surface area contributed by atoms with Crippen molar-refractivity contribution < 1.29 is 22.6 Å². The number of ether oxygens (including phenoxy) is 2. The van der Waals surface area contributed by atoms with Gasteiger partial charge in [0.25, 0.3) is 0 Å². The lowest BCUT2D eigenvalue weighted by molar-refractivity contribution is -0.137. The summed E-state index contributed by atoms with van der Waals surface area (Å²) in [5.74, 6) is 0.751. The Kier molecular flexibility index (Phi) is 5.15. The Hall–Kier alpha value is -3.82. The van der Waals surface area contributed by atoms with Gasteiger partial charge in [0, 0.05) is 30.8 Å². The van der Waals surface area contributed by atoms with Gasteiger partial charge < -0.3 is 20.9 Å². The van der Waals surface area contributed by atoms with Crippen molar-refractivity contribution >= 4 is 34.5 Å². The van der Waals surface area contributed by atoms with Crippen LogP contribution in [-0.2, 0) is 6.18 Å². The quantitative estimate of drug-likeness (QED) is 0.560. The van der Waals surface area contributed by atoms with Crippen molar-refractivity contribution in [3.63, 3.8) is 0 Å². The zero-order valence-electron chi connectivity index (χ0n) is 17.3.